The summed E-state index contributed by atoms with van der Waals surface area (Å²) in [6, 6.07) is 11.9. The number of esters is 1. The molecule has 7 nitrogen and oxygen atoms in total. The number of rotatable bonds is 6. The van der Waals surface area contributed by atoms with Gasteiger partial charge >= 0.3 is 5.97 Å². The molecule has 0 aliphatic carbocycles. The molecule has 2 heterocycles. The number of carbonyl (C=O) groups is 1. The molecule has 0 radical (unpaired) electrons. The van der Waals surface area contributed by atoms with Crippen LogP contribution in [0.15, 0.2) is 58.1 Å². The molecular weight excluding hydrogens is 438 g/mol. The van der Waals surface area contributed by atoms with Crippen LogP contribution in [0.25, 0.3) is 22.0 Å². The number of nitrogens with one attached hydrogen (secondary N) is 1. The molecule has 9 heteroatoms. The zero-order chi connectivity index (χ0) is 21.8. The highest BCUT2D eigenvalue weighted by Crippen LogP contribution is 2.22. The van der Waals surface area contributed by atoms with Gasteiger partial charge in [0.2, 0.25) is 0 Å². The zero-order valence-corrected chi connectivity index (χ0v) is 17.9. The molecule has 4 rings (SSSR count). The number of ether oxygens (including phenoxy) is 2. The van der Waals surface area contributed by atoms with E-state index in [1.165, 1.54) is 36.6 Å². The average molecular weight is 454 g/mol. The molecule has 156 valence electrons. The topological polar surface area (TPSA) is 94.2 Å². The predicted molar refractivity (Wildman–Crippen MR) is 120 cm³/mol. The average Bonchev–Trinajstić information content (AvgIpc) is 3.31. The van der Waals surface area contributed by atoms with Crippen LogP contribution in [0.3, 0.4) is 0 Å². The van der Waals surface area contributed by atoms with Gasteiger partial charge in [0, 0.05) is 5.38 Å². The van der Waals surface area contributed by atoms with Gasteiger partial charge in [-0.15, -0.1) is 11.3 Å². The number of aromatic nitrogens is 3. The van der Waals surface area contributed by atoms with E-state index in [2.05, 4.69) is 15.0 Å². The van der Waals surface area contributed by atoms with E-state index in [-0.39, 0.29) is 16.4 Å². The highest BCUT2D eigenvalue weighted by Gasteiger charge is 2.11. The van der Waals surface area contributed by atoms with Crippen molar-refractivity contribution >= 4 is 50.9 Å². The molecule has 0 spiro atoms. The molecule has 0 bridgehead atoms. The number of hydrogen-bond acceptors (Lipinski definition) is 7. The van der Waals surface area contributed by atoms with Crippen LogP contribution in [0.4, 0.5) is 0 Å². The lowest BCUT2D eigenvalue weighted by molar-refractivity contribution is 0.0601. The number of aromatic amines is 1. The number of thiazole rings is 1. The number of H-pyrrole nitrogens is 1. The third kappa shape index (κ3) is 4.82. The van der Waals surface area contributed by atoms with Gasteiger partial charge in [0.05, 0.1) is 39.8 Å². The quantitative estimate of drug-likeness (QED) is 0.432. The lowest BCUT2D eigenvalue weighted by Crippen LogP contribution is -2.11. The monoisotopic (exact) mass is 453 g/mol. The van der Waals surface area contributed by atoms with Crippen LogP contribution >= 0.6 is 22.9 Å². The van der Waals surface area contributed by atoms with E-state index in [4.69, 9.17) is 21.1 Å². The maximum absolute atomic E-state index is 12.4. The molecule has 1 N–H and O–H groups in total. The second-order valence-electron chi connectivity index (χ2n) is 6.47. The van der Waals surface area contributed by atoms with E-state index >= 15 is 0 Å². The minimum Gasteiger partial charge on any atom is -0.487 e. The predicted octanol–water partition coefficient (Wildman–Crippen LogP) is 4.48. The Morgan fingerprint density at radius 2 is 2.03 bits per heavy atom. The first kappa shape index (κ1) is 20.8. The smallest absolute Gasteiger partial charge is 0.337 e. The van der Waals surface area contributed by atoms with Crippen molar-refractivity contribution in [3.63, 3.8) is 0 Å². The minimum atomic E-state index is -0.510. The standard InChI is InChI=1S/C22H16ClN3O4S/c1-29-22(28)14-4-7-17-19(9-14)25-20(26-21(17)27)18(23)8-13-2-5-16(6-3-13)30-10-15-11-31-12-24-15/h2-9,11-12H,10H2,1H3,(H,25,26,27)/b18-8-. The molecular formula is C22H16ClN3O4S. The van der Waals surface area contributed by atoms with E-state index < -0.39 is 5.97 Å². The summed E-state index contributed by atoms with van der Waals surface area (Å²) in [4.78, 5) is 35.4. The van der Waals surface area contributed by atoms with Gasteiger partial charge < -0.3 is 14.5 Å². The van der Waals surface area contributed by atoms with Crippen LogP contribution in [-0.4, -0.2) is 28.0 Å². The molecule has 2 aromatic heterocycles. The van der Waals surface area contributed by atoms with Crippen molar-refractivity contribution in [2.45, 2.75) is 6.61 Å². The molecule has 2 aromatic carbocycles. The largest absolute Gasteiger partial charge is 0.487 e. The molecule has 0 amide bonds. The van der Waals surface area contributed by atoms with Crippen LogP contribution in [-0.2, 0) is 11.3 Å². The normalized spacial score (nSPS) is 11.5. The summed E-state index contributed by atoms with van der Waals surface area (Å²) in [6.45, 7) is 0.398. The molecule has 0 aliphatic rings. The molecule has 0 fully saturated rings. The number of hydrogen-bond donors (Lipinski definition) is 1. The first-order chi connectivity index (χ1) is 15.0. The van der Waals surface area contributed by atoms with Gasteiger partial charge in [-0.25, -0.2) is 14.8 Å². The van der Waals surface area contributed by atoms with Gasteiger partial charge in [-0.3, -0.25) is 4.79 Å². The molecule has 4 aromatic rings. The van der Waals surface area contributed by atoms with Gasteiger partial charge in [0.15, 0.2) is 5.82 Å². The first-order valence-electron chi connectivity index (χ1n) is 9.13. The Morgan fingerprint density at radius 1 is 1.23 bits per heavy atom. The van der Waals surface area contributed by atoms with Crippen LogP contribution in [0.5, 0.6) is 5.75 Å². The molecule has 31 heavy (non-hydrogen) atoms. The number of nitrogens with zero attached hydrogens (tertiary/aromatic N) is 2. The van der Waals surface area contributed by atoms with E-state index in [1.54, 1.807) is 11.6 Å². The molecule has 0 atom stereocenters. The molecule has 0 unspecified atom stereocenters. The summed E-state index contributed by atoms with van der Waals surface area (Å²) in [5, 5.41) is 2.53. The lowest BCUT2D eigenvalue weighted by atomic mass is 10.1. The van der Waals surface area contributed by atoms with Crippen LogP contribution in [0.2, 0.25) is 0 Å². The van der Waals surface area contributed by atoms with Crippen molar-refractivity contribution in [2.75, 3.05) is 7.11 Å². The SMILES string of the molecule is COC(=O)c1ccc2c(=O)[nH]c(/C(Cl)=C/c3ccc(OCc4cscn4)cc3)nc2c1. The summed E-state index contributed by atoms with van der Waals surface area (Å²) in [6.07, 6.45) is 1.68. The zero-order valence-electron chi connectivity index (χ0n) is 16.3. The van der Waals surface area contributed by atoms with Crippen molar-refractivity contribution in [2.24, 2.45) is 0 Å². The second-order valence-corrected chi connectivity index (χ2v) is 7.59. The Morgan fingerprint density at radius 3 is 2.74 bits per heavy atom. The highest BCUT2D eigenvalue weighted by atomic mass is 35.5. The van der Waals surface area contributed by atoms with Crippen molar-refractivity contribution in [3.8, 4) is 5.75 Å². The summed E-state index contributed by atoms with van der Waals surface area (Å²) in [5.74, 6) is 0.392. The van der Waals surface area contributed by atoms with Gasteiger partial charge in [0.25, 0.3) is 5.56 Å². The number of benzene rings is 2. The third-order valence-corrected chi connectivity index (χ3v) is 5.32. The Hall–Kier alpha value is -3.49. The summed E-state index contributed by atoms with van der Waals surface area (Å²) in [7, 11) is 1.29. The number of halogens is 1. The van der Waals surface area contributed by atoms with Gasteiger partial charge in [0.1, 0.15) is 12.4 Å². The summed E-state index contributed by atoms with van der Waals surface area (Å²) >= 11 is 7.93. The van der Waals surface area contributed by atoms with E-state index in [1.807, 2.05) is 29.6 Å². The molecule has 0 aliphatic heterocycles. The molecule has 0 saturated heterocycles. The van der Waals surface area contributed by atoms with Crippen LogP contribution < -0.4 is 10.3 Å². The number of carbonyl (C=O) groups excluding carboxylic acids is 1. The number of fused-ring (bicyclic) bond motifs is 1. The maximum Gasteiger partial charge on any atom is 0.337 e. The highest BCUT2D eigenvalue weighted by molar-refractivity contribution is 7.07. The van der Waals surface area contributed by atoms with Crippen LogP contribution in [0.1, 0.15) is 27.4 Å². The number of methoxy groups -OCH3 is 1. The van der Waals surface area contributed by atoms with Gasteiger partial charge in [-0.1, -0.05) is 23.7 Å². The van der Waals surface area contributed by atoms with Crippen molar-refractivity contribution in [1.29, 1.82) is 0 Å². The van der Waals surface area contributed by atoms with Crippen LogP contribution in [0, 0.1) is 0 Å². The Labute approximate surface area is 186 Å². The van der Waals surface area contributed by atoms with E-state index in [9.17, 15) is 9.59 Å². The fraction of sp³-hybridized carbons (Fsp3) is 0.0909. The minimum absolute atomic E-state index is 0.199. The molecule has 0 saturated carbocycles. The Balaban J connectivity index is 1.57. The van der Waals surface area contributed by atoms with Crippen molar-refractivity contribution in [3.05, 3.63) is 86.4 Å². The van der Waals surface area contributed by atoms with Gasteiger partial charge in [-0.2, -0.15) is 0 Å². The van der Waals surface area contributed by atoms with Crippen molar-refractivity contribution in [1.82, 2.24) is 15.0 Å². The van der Waals surface area contributed by atoms with E-state index in [0.29, 0.717) is 28.8 Å². The summed E-state index contributed by atoms with van der Waals surface area (Å²) in [5.41, 5.74) is 3.73. The Bertz CT molecular complexity index is 1320. The van der Waals surface area contributed by atoms with Gasteiger partial charge in [-0.05, 0) is 42.0 Å². The van der Waals surface area contributed by atoms with Crippen molar-refractivity contribution < 1.29 is 14.3 Å². The third-order valence-electron chi connectivity index (χ3n) is 4.40. The lowest BCUT2D eigenvalue weighted by Gasteiger charge is -2.06. The fourth-order valence-corrected chi connectivity index (χ4v) is 3.60. The maximum atomic E-state index is 12.4. The Kier molecular flexibility index (Phi) is 6.11. The van der Waals surface area contributed by atoms with E-state index in [0.717, 1.165) is 11.3 Å². The fourth-order valence-electron chi connectivity index (χ4n) is 2.84. The second kappa shape index (κ2) is 9.11. The summed E-state index contributed by atoms with van der Waals surface area (Å²) < 4.78 is 10.4. The first-order valence-corrected chi connectivity index (χ1v) is 10.5.